The van der Waals surface area contributed by atoms with Gasteiger partial charge < -0.3 is 10.6 Å². The van der Waals surface area contributed by atoms with Gasteiger partial charge in [-0.25, -0.2) is 0 Å². The van der Waals surface area contributed by atoms with Gasteiger partial charge in [0.15, 0.2) is 0 Å². The molecule has 0 bridgehead atoms. The number of carbonyl (C=O) groups is 1. The van der Waals surface area contributed by atoms with Crippen molar-refractivity contribution < 1.29 is 4.79 Å². The minimum atomic E-state index is 0. The Hall–Kier alpha value is -1.06. The monoisotopic (exact) mass is 338 g/mol. The van der Waals surface area contributed by atoms with Crippen LogP contribution in [-0.2, 0) is 4.79 Å². The molecule has 1 unspecified atom stereocenters. The van der Waals surface area contributed by atoms with Gasteiger partial charge in [0, 0.05) is 18.9 Å². The SMILES string of the molecule is CC(C)C(CNC(=O)CCC1CCNCC1)c1ccccc1.Cl. The maximum absolute atomic E-state index is 12.1. The van der Waals surface area contributed by atoms with Crippen LogP contribution in [0, 0.1) is 11.8 Å². The lowest BCUT2D eigenvalue weighted by atomic mass is 9.88. The van der Waals surface area contributed by atoms with Crippen LogP contribution in [0.2, 0.25) is 0 Å². The maximum Gasteiger partial charge on any atom is 0.220 e. The highest BCUT2D eigenvalue weighted by Crippen LogP contribution is 2.23. The number of hydrogen-bond donors (Lipinski definition) is 2. The Morgan fingerprint density at radius 1 is 1.22 bits per heavy atom. The fourth-order valence-electron chi connectivity index (χ4n) is 3.26. The molecule has 1 fully saturated rings. The minimum absolute atomic E-state index is 0. The quantitative estimate of drug-likeness (QED) is 0.795. The van der Waals surface area contributed by atoms with Crippen molar-refractivity contribution in [2.75, 3.05) is 19.6 Å². The third kappa shape index (κ3) is 6.92. The molecule has 2 N–H and O–H groups in total. The number of benzene rings is 1. The molecule has 0 aliphatic carbocycles. The van der Waals surface area contributed by atoms with Gasteiger partial charge >= 0.3 is 0 Å². The van der Waals surface area contributed by atoms with Gasteiger partial charge in [0.05, 0.1) is 0 Å². The number of rotatable bonds is 7. The van der Waals surface area contributed by atoms with Crippen LogP contribution < -0.4 is 10.6 Å². The molecule has 130 valence electrons. The number of hydrogen-bond acceptors (Lipinski definition) is 2. The second-order valence-corrected chi connectivity index (χ2v) is 6.80. The van der Waals surface area contributed by atoms with Crippen LogP contribution >= 0.6 is 12.4 Å². The average Bonchev–Trinajstić information content (AvgIpc) is 2.55. The molecule has 1 atom stereocenters. The third-order valence-corrected chi connectivity index (χ3v) is 4.79. The smallest absolute Gasteiger partial charge is 0.220 e. The van der Waals surface area contributed by atoms with E-state index in [1.54, 1.807) is 0 Å². The standard InChI is InChI=1S/C19H30N2O.ClH/c1-15(2)18(17-6-4-3-5-7-17)14-21-19(22)9-8-16-10-12-20-13-11-16;/h3-7,15-16,18,20H,8-14H2,1-2H3,(H,21,22);1H. The van der Waals surface area contributed by atoms with Crippen LogP contribution in [0.4, 0.5) is 0 Å². The Kier molecular flexibility index (Phi) is 9.27. The highest BCUT2D eigenvalue weighted by atomic mass is 35.5. The molecule has 1 saturated heterocycles. The number of nitrogens with one attached hydrogen (secondary N) is 2. The van der Waals surface area contributed by atoms with E-state index in [-0.39, 0.29) is 18.3 Å². The Morgan fingerprint density at radius 3 is 2.48 bits per heavy atom. The van der Waals surface area contributed by atoms with Crippen LogP contribution in [0.5, 0.6) is 0 Å². The second kappa shape index (κ2) is 10.7. The highest BCUT2D eigenvalue weighted by Gasteiger charge is 2.18. The van der Waals surface area contributed by atoms with Crippen LogP contribution in [0.1, 0.15) is 51.0 Å². The fraction of sp³-hybridized carbons (Fsp3) is 0.632. The van der Waals surface area contributed by atoms with Crippen LogP contribution in [0.3, 0.4) is 0 Å². The van der Waals surface area contributed by atoms with Crippen LogP contribution in [0.15, 0.2) is 30.3 Å². The zero-order valence-electron chi connectivity index (χ0n) is 14.4. The summed E-state index contributed by atoms with van der Waals surface area (Å²) < 4.78 is 0. The summed E-state index contributed by atoms with van der Waals surface area (Å²) >= 11 is 0. The van der Waals surface area contributed by atoms with Crippen molar-refractivity contribution in [1.29, 1.82) is 0 Å². The lowest BCUT2D eigenvalue weighted by molar-refractivity contribution is -0.121. The third-order valence-electron chi connectivity index (χ3n) is 4.79. The Morgan fingerprint density at radius 2 is 1.87 bits per heavy atom. The molecule has 1 aliphatic heterocycles. The van der Waals surface area contributed by atoms with Gasteiger partial charge in [-0.3, -0.25) is 4.79 Å². The van der Waals surface area contributed by atoms with Crippen molar-refractivity contribution in [3.63, 3.8) is 0 Å². The predicted octanol–water partition coefficient (Wildman–Crippen LogP) is 3.74. The molecule has 0 radical (unpaired) electrons. The molecule has 1 aromatic carbocycles. The van der Waals surface area contributed by atoms with Gasteiger partial charge in [-0.15, -0.1) is 12.4 Å². The fourth-order valence-corrected chi connectivity index (χ4v) is 3.26. The summed E-state index contributed by atoms with van der Waals surface area (Å²) in [6, 6.07) is 10.5. The highest BCUT2D eigenvalue weighted by molar-refractivity contribution is 5.85. The van der Waals surface area contributed by atoms with Gasteiger partial charge in [0.1, 0.15) is 0 Å². The summed E-state index contributed by atoms with van der Waals surface area (Å²) in [5.74, 6) is 1.85. The Labute approximate surface area is 147 Å². The lowest BCUT2D eigenvalue weighted by Crippen LogP contribution is -2.32. The van der Waals surface area contributed by atoms with E-state index >= 15 is 0 Å². The Balaban J connectivity index is 0.00000264. The van der Waals surface area contributed by atoms with Crippen molar-refractivity contribution in [3.8, 4) is 0 Å². The van der Waals surface area contributed by atoms with E-state index in [9.17, 15) is 4.79 Å². The number of amides is 1. The van der Waals surface area contributed by atoms with E-state index in [1.165, 1.54) is 18.4 Å². The first kappa shape index (κ1) is 20.0. The predicted molar refractivity (Wildman–Crippen MR) is 99.1 cm³/mol. The van der Waals surface area contributed by atoms with E-state index in [0.29, 0.717) is 18.3 Å². The summed E-state index contributed by atoms with van der Waals surface area (Å²) in [5, 5.41) is 6.52. The molecule has 0 spiro atoms. The van der Waals surface area contributed by atoms with Crippen molar-refractivity contribution in [3.05, 3.63) is 35.9 Å². The topological polar surface area (TPSA) is 41.1 Å². The van der Waals surface area contributed by atoms with E-state index in [4.69, 9.17) is 0 Å². The number of piperidine rings is 1. The summed E-state index contributed by atoms with van der Waals surface area (Å²) in [6.45, 7) is 7.40. The van der Waals surface area contributed by atoms with E-state index in [2.05, 4.69) is 48.7 Å². The van der Waals surface area contributed by atoms with Gasteiger partial charge in [-0.1, -0.05) is 44.2 Å². The first-order chi connectivity index (χ1) is 10.7. The molecule has 1 aliphatic rings. The van der Waals surface area contributed by atoms with Crippen LogP contribution in [0.25, 0.3) is 0 Å². The number of halogens is 1. The van der Waals surface area contributed by atoms with E-state index in [1.807, 2.05) is 6.07 Å². The number of carbonyl (C=O) groups excluding carboxylic acids is 1. The van der Waals surface area contributed by atoms with E-state index in [0.717, 1.165) is 32.0 Å². The van der Waals surface area contributed by atoms with Gasteiger partial charge in [-0.05, 0) is 49.8 Å². The molecule has 2 rings (SSSR count). The zero-order chi connectivity index (χ0) is 15.8. The Bertz CT molecular complexity index is 444. The van der Waals surface area contributed by atoms with Crippen LogP contribution in [-0.4, -0.2) is 25.5 Å². The zero-order valence-corrected chi connectivity index (χ0v) is 15.2. The van der Waals surface area contributed by atoms with Crippen molar-refractivity contribution in [1.82, 2.24) is 10.6 Å². The summed E-state index contributed by atoms with van der Waals surface area (Å²) in [4.78, 5) is 12.1. The largest absolute Gasteiger partial charge is 0.355 e. The first-order valence-corrected chi connectivity index (χ1v) is 8.69. The van der Waals surface area contributed by atoms with Crippen molar-refractivity contribution >= 4 is 18.3 Å². The molecule has 23 heavy (non-hydrogen) atoms. The van der Waals surface area contributed by atoms with Crippen molar-refractivity contribution in [2.45, 2.75) is 45.4 Å². The molecule has 1 aromatic rings. The molecule has 0 saturated carbocycles. The van der Waals surface area contributed by atoms with Gasteiger partial charge in [0.25, 0.3) is 0 Å². The van der Waals surface area contributed by atoms with Crippen molar-refractivity contribution in [2.24, 2.45) is 11.8 Å². The molecular weight excluding hydrogens is 308 g/mol. The normalized spacial score (nSPS) is 16.7. The van der Waals surface area contributed by atoms with Gasteiger partial charge in [-0.2, -0.15) is 0 Å². The molecule has 1 amide bonds. The second-order valence-electron chi connectivity index (χ2n) is 6.80. The molecule has 0 aromatic heterocycles. The van der Waals surface area contributed by atoms with E-state index < -0.39 is 0 Å². The van der Waals surface area contributed by atoms with Gasteiger partial charge in [0.2, 0.25) is 5.91 Å². The molecule has 3 nitrogen and oxygen atoms in total. The average molecular weight is 339 g/mol. The summed E-state index contributed by atoms with van der Waals surface area (Å²) in [5.41, 5.74) is 1.32. The molecule has 4 heteroatoms. The summed E-state index contributed by atoms with van der Waals surface area (Å²) in [6.07, 6.45) is 4.13. The molecule has 1 heterocycles. The maximum atomic E-state index is 12.1. The summed E-state index contributed by atoms with van der Waals surface area (Å²) in [7, 11) is 0. The lowest BCUT2D eigenvalue weighted by Gasteiger charge is -2.23. The minimum Gasteiger partial charge on any atom is -0.355 e. The first-order valence-electron chi connectivity index (χ1n) is 8.69. The molecular formula is C19H31ClN2O.